The smallest absolute Gasteiger partial charge is 0.191 e. The number of para-hydroxylation sites is 1. The number of hydrogen-bond acceptors (Lipinski definition) is 4. The van der Waals surface area contributed by atoms with Crippen molar-refractivity contribution in [3.8, 4) is 0 Å². The summed E-state index contributed by atoms with van der Waals surface area (Å²) in [7, 11) is 0. The topological polar surface area (TPSA) is 52.6 Å². The van der Waals surface area contributed by atoms with Gasteiger partial charge >= 0.3 is 0 Å². The van der Waals surface area contributed by atoms with E-state index in [2.05, 4.69) is 57.8 Å². The maximum atomic E-state index is 4.72. The van der Waals surface area contributed by atoms with Crippen molar-refractivity contribution in [1.82, 2.24) is 15.6 Å². The van der Waals surface area contributed by atoms with Crippen LogP contribution in [-0.2, 0) is 6.54 Å². The van der Waals surface area contributed by atoms with Crippen molar-refractivity contribution < 1.29 is 0 Å². The van der Waals surface area contributed by atoms with Crippen LogP contribution in [0.25, 0.3) is 0 Å². The van der Waals surface area contributed by atoms with Crippen molar-refractivity contribution in [2.24, 2.45) is 4.99 Å². The average Bonchev–Trinajstić information content (AvgIpc) is 3.23. The second-order valence-corrected chi connectivity index (χ2v) is 6.91. The Morgan fingerprint density at radius 3 is 2.84 bits per heavy atom. The summed E-state index contributed by atoms with van der Waals surface area (Å²) in [5, 5.41) is 6.93. The van der Waals surface area contributed by atoms with Crippen molar-refractivity contribution in [3.63, 3.8) is 0 Å². The Hall–Kier alpha value is -1.35. The van der Waals surface area contributed by atoms with Crippen molar-refractivity contribution >= 4 is 47.0 Å². The molecular formula is C18H26IN5S. The third-order valence-corrected chi connectivity index (χ3v) is 5.14. The van der Waals surface area contributed by atoms with Crippen LogP contribution in [0.15, 0.2) is 40.8 Å². The molecule has 5 nitrogen and oxygen atoms in total. The van der Waals surface area contributed by atoms with Gasteiger partial charge in [0.25, 0.3) is 0 Å². The Balaban J connectivity index is 0.00000225. The number of rotatable bonds is 5. The summed E-state index contributed by atoms with van der Waals surface area (Å²) in [6.45, 7) is 7.77. The Labute approximate surface area is 171 Å². The van der Waals surface area contributed by atoms with Gasteiger partial charge in [-0.3, -0.25) is 0 Å². The molecular weight excluding hydrogens is 445 g/mol. The lowest BCUT2D eigenvalue weighted by atomic mass is 10.3. The van der Waals surface area contributed by atoms with E-state index < -0.39 is 0 Å². The molecule has 2 heterocycles. The van der Waals surface area contributed by atoms with E-state index in [9.17, 15) is 0 Å². The number of guanidine groups is 1. The standard InChI is InChI=1S/C18H25N5S.HI/c1-3-19-18(20-11-17-14(2)21-13-24-17)22-15-9-10-23(12-15)16-7-5-4-6-8-16;/h4-8,13,15H,3,9-12H2,1-2H3,(H2,19,20,22);1H. The van der Waals surface area contributed by atoms with E-state index in [0.29, 0.717) is 12.6 Å². The lowest BCUT2D eigenvalue weighted by molar-refractivity contribution is 0.649. The molecule has 1 aliphatic heterocycles. The number of nitrogens with one attached hydrogen (secondary N) is 2. The highest BCUT2D eigenvalue weighted by Gasteiger charge is 2.23. The third kappa shape index (κ3) is 5.57. The van der Waals surface area contributed by atoms with Gasteiger partial charge in [0.1, 0.15) is 0 Å². The molecule has 1 fully saturated rings. The summed E-state index contributed by atoms with van der Waals surface area (Å²) < 4.78 is 0. The molecule has 1 aliphatic rings. The van der Waals surface area contributed by atoms with E-state index in [-0.39, 0.29) is 24.0 Å². The first-order chi connectivity index (χ1) is 11.8. The lowest BCUT2D eigenvalue weighted by Crippen LogP contribution is -2.44. The number of halogens is 1. The van der Waals surface area contributed by atoms with Gasteiger partial charge in [0.2, 0.25) is 0 Å². The molecule has 7 heteroatoms. The Morgan fingerprint density at radius 1 is 1.36 bits per heavy atom. The zero-order valence-electron chi connectivity index (χ0n) is 14.7. The molecule has 0 amide bonds. The number of aryl methyl sites for hydroxylation is 1. The van der Waals surface area contributed by atoms with E-state index in [0.717, 1.165) is 37.7 Å². The van der Waals surface area contributed by atoms with Gasteiger partial charge < -0.3 is 15.5 Å². The van der Waals surface area contributed by atoms with Crippen LogP contribution < -0.4 is 15.5 Å². The number of aromatic nitrogens is 1. The van der Waals surface area contributed by atoms with Gasteiger partial charge in [0.05, 0.1) is 17.7 Å². The van der Waals surface area contributed by atoms with Gasteiger partial charge in [-0.1, -0.05) is 18.2 Å². The molecule has 25 heavy (non-hydrogen) atoms. The van der Waals surface area contributed by atoms with Crippen LogP contribution in [0, 0.1) is 6.92 Å². The first-order valence-electron chi connectivity index (χ1n) is 8.50. The number of thiazole rings is 1. The predicted octanol–water partition coefficient (Wildman–Crippen LogP) is 3.40. The number of hydrogen-bond donors (Lipinski definition) is 2. The molecule has 2 N–H and O–H groups in total. The van der Waals surface area contributed by atoms with Crippen LogP contribution in [0.2, 0.25) is 0 Å². The number of anilines is 1. The van der Waals surface area contributed by atoms with E-state index in [4.69, 9.17) is 4.99 Å². The molecule has 3 rings (SSSR count). The zero-order valence-corrected chi connectivity index (χ0v) is 17.9. The van der Waals surface area contributed by atoms with Crippen LogP contribution in [0.4, 0.5) is 5.69 Å². The quantitative estimate of drug-likeness (QED) is 0.399. The Kier molecular flexibility index (Phi) is 7.95. The Morgan fingerprint density at radius 2 is 2.16 bits per heavy atom. The fourth-order valence-corrected chi connectivity index (χ4v) is 3.59. The predicted molar refractivity (Wildman–Crippen MR) is 117 cm³/mol. The molecule has 2 aromatic rings. The van der Waals surface area contributed by atoms with Crippen molar-refractivity contribution in [1.29, 1.82) is 0 Å². The van der Waals surface area contributed by atoms with E-state index in [1.165, 1.54) is 10.6 Å². The molecule has 0 saturated carbocycles. The molecule has 0 bridgehead atoms. The number of benzene rings is 1. The molecule has 1 atom stereocenters. The normalized spacial score (nSPS) is 17.3. The lowest BCUT2D eigenvalue weighted by Gasteiger charge is -2.20. The SMILES string of the molecule is CCNC(=NCc1scnc1C)NC1CCN(c2ccccc2)C1.I. The fraction of sp³-hybridized carbons (Fsp3) is 0.444. The fourth-order valence-electron chi connectivity index (χ4n) is 2.89. The zero-order chi connectivity index (χ0) is 16.8. The monoisotopic (exact) mass is 471 g/mol. The van der Waals surface area contributed by atoms with E-state index in [1.54, 1.807) is 11.3 Å². The molecule has 136 valence electrons. The van der Waals surface area contributed by atoms with Gasteiger partial charge in [-0.15, -0.1) is 35.3 Å². The molecule has 0 aliphatic carbocycles. The highest BCUT2D eigenvalue weighted by atomic mass is 127. The molecule has 0 spiro atoms. The third-order valence-electron chi connectivity index (χ3n) is 4.22. The van der Waals surface area contributed by atoms with Gasteiger partial charge in [-0.25, -0.2) is 9.98 Å². The van der Waals surface area contributed by atoms with Crippen LogP contribution in [-0.4, -0.2) is 36.6 Å². The molecule has 0 radical (unpaired) electrons. The Bertz CT molecular complexity index is 673. The molecule has 1 aromatic carbocycles. The summed E-state index contributed by atoms with van der Waals surface area (Å²) in [5.74, 6) is 0.894. The van der Waals surface area contributed by atoms with Crippen molar-refractivity contribution in [3.05, 3.63) is 46.4 Å². The minimum atomic E-state index is 0. The summed E-state index contributed by atoms with van der Waals surface area (Å²) in [6, 6.07) is 11.0. The van der Waals surface area contributed by atoms with Crippen molar-refractivity contribution in [2.75, 3.05) is 24.5 Å². The summed E-state index contributed by atoms with van der Waals surface area (Å²) in [4.78, 5) is 12.7. The van der Waals surface area contributed by atoms with Crippen LogP contribution in [0.1, 0.15) is 23.9 Å². The first kappa shape index (κ1) is 20.0. The summed E-state index contributed by atoms with van der Waals surface area (Å²) >= 11 is 1.67. The van der Waals surface area contributed by atoms with E-state index >= 15 is 0 Å². The number of nitrogens with zero attached hydrogens (tertiary/aromatic N) is 3. The minimum absolute atomic E-state index is 0. The minimum Gasteiger partial charge on any atom is -0.369 e. The van der Waals surface area contributed by atoms with Gasteiger partial charge in [-0.05, 0) is 32.4 Å². The van der Waals surface area contributed by atoms with Crippen LogP contribution in [0.3, 0.4) is 0 Å². The average molecular weight is 471 g/mol. The largest absolute Gasteiger partial charge is 0.369 e. The summed E-state index contributed by atoms with van der Waals surface area (Å²) in [5.41, 5.74) is 4.26. The summed E-state index contributed by atoms with van der Waals surface area (Å²) in [6.07, 6.45) is 1.12. The number of aliphatic imine (C=N–C) groups is 1. The van der Waals surface area contributed by atoms with Gasteiger partial charge in [0.15, 0.2) is 5.96 Å². The highest BCUT2D eigenvalue weighted by molar-refractivity contribution is 14.0. The second kappa shape index (κ2) is 9.96. The molecule has 1 saturated heterocycles. The maximum Gasteiger partial charge on any atom is 0.191 e. The second-order valence-electron chi connectivity index (χ2n) is 5.97. The van der Waals surface area contributed by atoms with Gasteiger partial charge in [0, 0.05) is 36.2 Å². The van der Waals surface area contributed by atoms with Gasteiger partial charge in [-0.2, -0.15) is 0 Å². The van der Waals surface area contributed by atoms with Crippen molar-refractivity contribution in [2.45, 2.75) is 32.9 Å². The molecule has 1 unspecified atom stereocenters. The maximum absolute atomic E-state index is 4.72. The first-order valence-corrected chi connectivity index (χ1v) is 9.38. The molecule has 1 aromatic heterocycles. The highest BCUT2D eigenvalue weighted by Crippen LogP contribution is 2.19. The van der Waals surface area contributed by atoms with Crippen LogP contribution >= 0.6 is 35.3 Å². The van der Waals surface area contributed by atoms with E-state index in [1.807, 2.05) is 12.4 Å². The van der Waals surface area contributed by atoms with Crippen LogP contribution in [0.5, 0.6) is 0 Å².